The summed E-state index contributed by atoms with van der Waals surface area (Å²) in [6.07, 6.45) is 0.225. The number of carbonyl (C=O) groups is 1. The average molecular weight is 433 g/mol. The first-order chi connectivity index (χ1) is 15.3. The van der Waals surface area contributed by atoms with Crippen LogP contribution in [0.15, 0.2) is 56.6 Å². The van der Waals surface area contributed by atoms with Crippen LogP contribution in [0.25, 0.3) is 10.9 Å². The third kappa shape index (κ3) is 4.22. The summed E-state index contributed by atoms with van der Waals surface area (Å²) in [6, 6.07) is 12.4. The Morgan fingerprint density at radius 3 is 2.53 bits per heavy atom. The molecule has 9 heteroatoms. The number of hydrogen-bond acceptors (Lipinski definition) is 6. The molecule has 0 spiro atoms. The molecule has 0 aliphatic carbocycles. The van der Waals surface area contributed by atoms with E-state index >= 15 is 0 Å². The molecule has 0 atom stereocenters. The maximum Gasteiger partial charge on any atom is 0.331 e. The van der Waals surface area contributed by atoms with E-state index in [-0.39, 0.29) is 25.4 Å². The Bertz CT molecular complexity index is 1430. The van der Waals surface area contributed by atoms with Gasteiger partial charge in [-0.3, -0.25) is 18.7 Å². The molecule has 2 aromatic carbocycles. The molecule has 4 aromatic rings. The third-order valence-electron chi connectivity index (χ3n) is 5.34. The molecule has 0 bridgehead atoms. The molecule has 1 amide bonds. The molecule has 0 saturated carbocycles. The summed E-state index contributed by atoms with van der Waals surface area (Å²) in [5.41, 5.74) is 2.23. The van der Waals surface area contributed by atoms with Gasteiger partial charge in [-0.1, -0.05) is 23.4 Å². The van der Waals surface area contributed by atoms with E-state index < -0.39 is 11.2 Å². The number of para-hydroxylation sites is 1. The number of fused-ring (bicyclic) bond motifs is 1. The lowest BCUT2D eigenvalue weighted by molar-refractivity contribution is -0.116. The predicted octanol–water partition coefficient (Wildman–Crippen LogP) is 2.35. The first kappa shape index (κ1) is 21.2. The molecule has 1 N–H and O–H groups in total. The Balaban J connectivity index is 1.68. The highest BCUT2D eigenvalue weighted by atomic mass is 16.5. The summed E-state index contributed by atoms with van der Waals surface area (Å²) in [5.74, 6) is 0.450. The number of benzene rings is 2. The van der Waals surface area contributed by atoms with Gasteiger partial charge in [0, 0.05) is 18.7 Å². The predicted molar refractivity (Wildman–Crippen MR) is 120 cm³/mol. The molecule has 2 aromatic heterocycles. The number of rotatable bonds is 6. The van der Waals surface area contributed by atoms with E-state index in [1.807, 2.05) is 32.0 Å². The van der Waals surface area contributed by atoms with Gasteiger partial charge < -0.3 is 9.84 Å². The SMILES string of the molecule is Cc1noc(CCn2c(=O)c3ccccc3n(CC(=O)Nc3ccc(C)c(C)c3)c2=O)n1. The Kier molecular flexibility index (Phi) is 5.72. The van der Waals surface area contributed by atoms with Crippen LogP contribution in [0.1, 0.15) is 22.8 Å². The second kappa shape index (κ2) is 8.62. The highest BCUT2D eigenvalue weighted by Gasteiger charge is 2.16. The summed E-state index contributed by atoms with van der Waals surface area (Å²) in [7, 11) is 0. The molecule has 0 aliphatic rings. The van der Waals surface area contributed by atoms with Crippen LogP contribution in [0, 0.1) is 20.8 Å². The van der Waals surface area contributed by atoms with Gasteiger partial charge in [0.05, 0.1) is 10.9 Å². The van der Waals surface area contributed by atoms with Crippen molar-refractivity contribution in [1.82, 2.24) is 19.3 Å². The lowest BCUT2D eigenvalue weighted by Crippen LogP contribution is -2.42. The molecule has 0 fully saturated rings. The fraction of sp³-hybridized carbons (Fsp3) is 0.261. The van der Waals surface area contributed by atoms with Crippen LogP contribution in [0.5, 0.6) is 0 Å². The minimum absolute atomic E-state index is 0.0584. The number of aryl methyl sites for hydroxylation is 4. The summed E-state index contributed by atoms with van der Waals surface area (Å²) < 4.78 is 7.50. The molecule has 164 valence electrons. The van der Waals surface area contributed by atoms with E-state index in [1.54, 1.807) is 31.2 Å². The van der Waals surface area contributed by atoms with Gasteiger partial charge in [-0.15, -0.1) is 0 Å². The van der Waals surface area contributed by atoms with Gasteiger partial charge in [-0.05, 0) is 56.2 Å². The molecular weight excluding hydrogens is 410 g/mol. The van der Waals surface area contributed by atoms with Gasteiger partial charge in [-0.2, -0.15) is 4.98 Å². The van der Waals surface area contributed by atoms with Crippen molar-refractivity contribution >= 4 is 22.5 Å². The van der Waals surface area contributed by atoms with Crippen LogP contribution in [0.2, 0.25) is 0 Å². The summed E-state index contributed by atoms with van der Waals surface area (Å²) in [4.78, 5) is 43.0. The van der Waals surface area contributed by atoms with Gasteiger partial charge in [0.2, 0.25) is 11.8 Å². The fourth-order valence-corrected chi connectivity index (χ4v) is 3.53. The van der Waals surface area contributed by atoms with Gasteiger partial charge in [-0.25, -0.2) is 4.79 Å². The van der Waals surface area contributed by atoms with Crippen LogP contribution in [0.3, 0.4) is 0 Å². The molecule has 2 heterocycles. The zero-order valence-corrected chi connectivity index (χ0v) is 18.1. The van der Waals surface area contributed by atoms with Crippen molar-refractivity contribution in [3.05, 3.63) is 86.1 Å². The van der Waals surface area contributed by atoms with Crippen molar-refractivity contribution in [2.75, 3.05) is 5.32 Å². The van der Waals surface area contributed by atoms with Crippen LogP contribution in [-0.2, 0) is 24.3 Å². The van der Waals surface area contributed by atoms with Crippen molar-refractivity contribution in [2.24, 2.45) is 0 Å². The highest BCUT2D eigenvalue weighted by molar-refractivity contribution is 5.91. The van der Waals surface area contributed by atoms with Crippen LogP contribution in [-0.4, -0.2) is 25.2 Å². The number of aromatic nitrogens is 4. The number of nitrogens with zero attached hydrogens (tertiary/aromatic N) is 4. The molecule has 9 nitrogen and oxygen atoms in total. The topological polar surface area (TPSA) is 112 Å². The smallest absolute Gasteiger partial charge is 0.331 e. The van der Waals surface area contributed by atoms with E-state index in [0.29, 0.717) is 28.3 Å². The normalized spacial score (nSPS) is 11.1. The quantitative estimate of drug-likeness (QED) is 0.500. The summed E-state index contributed by atoms with van der Waals surface area (Å²) >= 11 is 0. The Labute approximate surface area is 183 Å². The number of amides is 1. The van der Waals surface area contributed by atoms with E-state index in [9.17, 15) is 14.4 Å². The Morgan fingerprint density at radius 2 is 1.81 bits per heavy atom. The zero-order valence-electron chi connectivity index (χ0n) is 18.1. The first-order valence-electron chi connectivity index (χ1n) is 10.2. The maximum absolute atomic E-state index is 13.2. The van der Waals surface area contributed by atoms with Crippen molar-refractivity contribution in [1.29, 1.82) is 0 Å². The third-order valence-corrected chi connectivity index (χ3v) is 5.34. The molecule has 0 radical (unpaired) electrons. The lowest BCUT2D eigenvalue weighted by atomic mass is 10.1. The summed E-state index contributed by atoms with van der Waals surface area (Å²) in [5, 5.41) is 6.90. The average Bonchev–Trinajstić information content (AvgIpc) is 3.19. The molecule has 32 heavy (non-hydrogen) atoms. The molecular formula is C23H23N5O4. The van der Waals surface area contributed by atoms with Crippen molar-refractivity contribution in [2.45, 2.75) is 40.3 Å². The fourth-order valence-electron chi connectivity index (χ4n) is 3.53. The van der Waals surface area contributed by atoms with Crippen molar-refractivity contribution < 1.29 is 9.32 Å². The largest absolute Gasteiger partial charge is 0.339 e. The van der Waals surface area contributed by atoms with Gasteiger partial charge >= 0.3 is 5.69 Å². The van der Waals surface area contributed by atoms with Crippen molar-refractivity contribution in [3.63, 3.8) is 0 Å². The number of carbonyl (C=O) groups excluding carboxylic acids is 1. The Morgan fingerprint density at radius 1 is 1.03 bits per heavy atom. The summed E-state index contributed by atoms with van der Waals surface area (Å²) in [6.45, 7) is 5.47. The first-order valence-corrected chi connectivity index (χ1v) is 10.2. The molecule has 0 aliphatic heterocycles. The lowest BCUT2D eigenvalue weighted by Gasteiger charge is -2.14. The van der Waals surface area contributed by atoms with E-state index in [1.165, 1.54) is 4.57 Å². The second-order valence-corrected chi connectivity index (χ2v) is 7.68. The van der Waals surface area contributed by atoms with Gasteiger partial charge in [0.25, 0.3) is 5.56 Å². The molecule has 0 unspecified atom stereocenters. The van der Waals surface area contributed by atoms with Crippen LogP contribution >= 0.6 is 0 Å². The standard InChI is InChI=1S/C23H23N5O4/c1-14-8-9-17(12-15(14)2)25-20(29)13-28-19-7-5-4-6-18(19)22(30)27(23(28)31)11-10-21-24-16(3)26-32-21/h4-9,12H,10-11,13H2,1-3H3,(H,25,29). The monoisotopic (exact) mass is 433 g/mol. The Hall–Kier alpha value is -4.01. The number of hydrogen-bond donors (Lipinski definition) is 1. The van der Waals surface area contributed by atoms with E-state index in [2.05, 4.69) is 15.5 Å². The maximum atomic E-state index is 13.2. The highest BCUT2D eigenvalue weighted by Crippen LogP contribution is 2.14. The van der Waals surface area contributed by atoms with Crippen molar-refractivity contribution in [3.8, 4) is 0 Å². The second-order valence-electron chi connectivity index (χ2n) is 7.68. The minimum Gasteiger partial charge on any atom is -0.339 e. The van der Waals surface area contributed by atoms with Gasteiger partial charge in [0.1, 0.15) is 6.54 Å². The molecule has 0 saturated heterocycles. The number of nitrogens with one attached hydrogen (secondary N) is 1. The number of anilines is 1. The van der Waals surface area contributed by atoms with Gasteiger partial charge in [0.15, 0.2) is 5.82 Å². The van der Waals surface area contributed by atoms with Crippen LogP contribution < -0.4 is 16.6 Å². The van der Waals surface area contributed by atoms with E-state index in [4.69, 9.17) is 4.52 Å². The zero-order chi connectivity index (χ0) is 22.8. The van der Waals surface area contributed by atoms with E-state index in [0.717, 1.165) is 15.7 Å². The molecule has 4 rings (SSSR count). The van der Waals surface area contributed by atoms with Crippen LogP contribution in [0.4, 0.5) is 5.69 Å². The minimum atomic E-state index is -0.569.